The first kappa shape index (κ1) is 20.8. The van der Waals surface area contributed by atoms with Crippen molar-refractivity contribution >= 4 is 39.7 Å². The summed E-state index contributed by atoms with van der Waals surface area (Å²) in [5.41, 5.74) is 2.00. The van der Waals surface area contributed by atoms with E-state index < -0.39 is 11.2 Å². The van der Waals surface area contributed by atoms with Crippen molar-refractivity contribution in [2.75, 3.05) is 21.3 Å². The number of rotatable bonds is 6. The number of methoxy groups -OCH3 is 3. The van der Waals surface area contributed by atoms with Crippen molar-refractivity contribution in [1.82, 2.24) is 14.5 Å². The van der Waals surface area contributed by atoms with Gasteiger partial charge in [-0.05, 0) is 25.1 Å². The van der Waals surface area contributed by atoms with Crippen LogP contribution in [0.2, 0.25) is 0 Å². The highest BCUT2D eigenvalue weighted by Crippen LogP contribution is 2.32. The lowest BCUT2D eigenvalue weighted by Gasteiger charge is -2.16. The van der Waals surface area contributed by atoms with E-state index >= 15 is 0 Å². The summed E-state index contributed by atoms with van der Waals surface area (Å²) in [7, 11) is 4.40. The van der Waals surface area contributed by atoms with E-state index in [1.165, 1.54) is 18.8 Å². The molecule has 4 rings (SSSR count). The molecule has 0 bridgehead atoms. The molecule has 160 valence electrons. The van der Waals surface area contributed by atoms with Crippen LogP contribution < -0.4 is 15.0 Å². The average Bonchev–Trinajstić information content (AvgIpc) is 3.17. The van der Waals surface area contributed by atoms with Crippen LogP contribution in [0.5, 0.6) is 11.5 Å². The molecule has 0 aliphatic rings. The fourth-order valence-corrected chi connectivity index (χ4v) is 4.33. The van der Waals surface area contributed by atoms with Gasteiger partial charge in [-0.25, -0.2) is 4.98 Å². The molecule has 0 amide bonds. The number of H-pyrrole nitrogens is 1. The Labute approximate surface area is 182 Å². The van der Waals surface area contributed by atoms with Crippen LogP contribution in [0, 0.1) is 0 Å². The number of fused-ring (bicyclic) bond motifs is 3. The van der Waals surface area contributed by atoms with Crippen LogP contribution in [-0.2, 0) is 9.53 Å². The van der Waals surface area contributed by atoms with Gasteiger partial charge in [-0.1, -0.05) is 30.0 Å². The Morgan fingerprint density at radius 3 is 2.55 bits per heavy atom. The summed E-state index contributed by atoms with van der Waals surface area (Å²) in [5, 5.41) is 0.639. The number of carbonyl (C=O) groups excluding carboxylic acids is 1. The van der Waals surface area contributed by atoms with Crippen LogP contribution in [0.3, 0.4) is 0 Å². The maximum atomic E-state index is 13.6. The lowest BCUT2D eigenvalue weighted by atomic mass is 10.2. The molecule has 2 aromatic carbocycles. The highest BCUT2D eigenvalue weighted by Gasteiger charge is 2.23. The number of hydrogen-bond donors (Lipinski definition) is 1. The van der Waals surface area contributed by atoms with Gasteiger partial charge in [0.2, 0.25) is 0 Å². The monoisotopic (exact) mass is 439 g/mol. The van der Waals surface area contributed by atoms with E-state index in [9.17, 15) is 9.59 Å². The number of para-hydroxylation sites is 1. The van der Waals surface area contributed by atoms with Gasteiger partial charge < -0.3 is 19.2 Å². The predicted octanol–water partition coefficient (Wildman–Crippen LogP) is 3.54. The van der Waals surface area contributed by atoms with Crippen molar-refractivity contribution in [3.05, 3.63) is 52.8 Å². The van der Waals surface area contributed by atoms with E-state index in [0.717, 1.165) is 22.7 Å². The minimum absolute atomic E-state index is 0.284. The minimum Gasteiger partial charge on any atom is -0.493 e. The second-order valence-electron chi connectivity index (χ2n) is 6.75. The van der Waals surface area contributed by atoms with E-state index in [2.05, 4.69) is 4.98 Å². The van der Waals surface area contributed by atoms with Gasteiger partial charge in [-0.15, -0.1) is 0 Å². The quantitative estimate of drug-likeness (QED) is 0.279. The molecular weight excluding hydrogens is 418 g/mol. The number of esters is 1. The third-order valence-electron chi connectivity index (χ3n) is 4.93. The number of carbonyl (C=O) groups is 1. The average molecular weight is 439 g/mol. The van der Waals surface area contributed by atoms with Crippen LogP contribution >= 0.6 is 11.8 Å². The molecule has 0 fully saturated rings. The summed E-state index contributed by atoms with van der Waals surface area (Å²) < 4.78 is 17.0. The molecule has 0 radical (unpaired) electrons. The van der Waals surface area contributed by atoms with Crippen molar-refractivity contribution in [2.45, 2.75) is 17.3 Å². The number of ether oxygens (including phenoxy) is 3. The Kier molecular flexibility index (Phi) is 5.60. The summed E-state index contributed by atoms with van der Waals surface area (Å²) in [6, 6.07) is 12.7. The number of nitrogens with zero attached hydrogens (tertiary/aromatic N) is 2. The summed E-state index contributed by atoms with van der Waals surface area (Å²) in [4.78, 5) is 33.6. The van der Waals surface area contributed by atoms with Gasteiger partial charge in [0.05, 0.1) is 27.0 Å². The van der Waals surface area contributed by atoms with Crippen molar-refractivity contribution < 1.29 is 19.0 Å². The van der Waals surface area contributed by atoms with Gasteiger partial charge in [0.1, 0.15) is 16.3 Å². The second kappa shape index (κ2) is 8.35. The molecule has 31 heavy (non-hydrogen) atoms. The van der Waals surface area contributed by atoms with E-state index in [1.807, 2.05) is 24.3 Å². The SMILES string of the molecule is COC(=O)C(C)Sc1nc2c([nH]c3ccccc32)c(=O)n1-c1ccc(OC)c(OC)c1. The number of nitrogens with one attached hydrogen (secondary N) is 1. The summed E-state index contributed by atoms with van der Waals surface area (Å²) >= 11 is 1.15. The third-order valence-corrected chi connectivity index (χ3v) is 5.97. The highest BCUT2D eigenvalue weighted by atomic mass is 32.2. The molecule has 0 saturated heterocycles. The smallest absolute Gasteiger partial charge is 0.318 e. The molecule has 0 saturated carbocycles. The lowest BCUT2D eigenvalue weighted by Crippen LogP contribution is -2.24. The van der Waals surface area contributed by atoms with Crippen molar-refractivity contribution in [1.29, 1.82) is 0 Å². The van der Waals surface area contributed by atoms with Crippen LogP contribution in [0.15, 0.2) is 52.4 Å². The Bertz CT molecular complexity index is 1340. The minimum atomic E-state index is -0.564. The zero-order chi connectivity index (χ0) is 22.1. The van der Waals surface area contributed by atoms with E-state index in [0.29, 0.717) is 33.4 Å². The van der Waals surface area contributed by atoms with E-state index in [1.54, 1.807) is 32.2 Å². The molecular formula is C22H21N3O5S. The standard InChI is InChI=1S/C22H21N3O5S/c1-12(21(27)30-4)31-22-24-18-14-7-5-6-8-15(14)23-19(18)20(26)25(22)13-9-10-16(28-2)17(11-13)29-3/h5-12,23H,1-4H3. The van der Waals surface area contributed by atoms with Gasteiger partial charge in [0.15, 0.2) is 16.7 Å². The normalized spacial score (nSPS) is 12.1. The summed E-state index contributed by atoms with van der Waals surface area (Å²) in [6.45, 7) is 1.71. The molecule has 1 unspecified atom stereocenters. The van der Waals surface area contributed by atoms with Gasteiger partial charge in [-0.3, -0.25) is 14.2 Å². The van der Waals surface area contributed by atoms with Crippen molar-refractivity contribution in [2.24, 2.45) is 0 Å². The fraction of sp³-hybridized carbons (Fsp3) is 0.227. The molecule has 2 heterocycles. The van der Waals surface area contributed by atoms with Crippen LogP contribution in [0.4, 0.5) is 0 Å². The molecule has 0 spiro atoms. The largest absolute Gasteiger partial charge is 0.493 e. The maximum Gasteiger partial charge on any atom is 0.318 e. The highest BCUT2D eigenvalue weighted by molar-refractivity contribution is 8.00. The van der Waals surface area contributed by atoms with Crippen molar-refractivity contribution in [3.63, 3.8) is 0 Å². The predicted molar refractivity (Wildman–Crippen MR) is 120 cm³/mol. The zero-order valence-electron chi connectivity index (χ0n) is 17.5. The summed E-state index contributed by atoms with van der Waals surface area (Å²) in [5.74, 6) is 0.605. The van der Waals surface area contributed by atoms with Gasteiger partial charge in [0.25, 0.3) is 5.56 Å². The van der Waals surface area contributed by atoms with Gasteiger partial charge >= 0.3 is 5.97 Å². The number of hydrogen-bond acceptors (Lipinski definition) is 7. The van der Waals surface area contributed by atoms with Crippen LogP contribution in [-0.4, -0.2) is 47.1 Å². The molecule has 8 nitrogen and oxygen atoms in total. The molecule has 1 N–H and O–H groups in total. The number of aromatic amines is 1. The Morgan fingerprint density at radius 1 is 1.10 bits per heavy atom. The summed E-state index contributed by atoms with van der Waals surface area (Å²) in [6.07, 6.45) is 0. The molecule has 0 aliphatic carbocycles. The topological polar surface area (TPSA) is 95.4 Å². The third kappa shape index (κ3) is 3.61. The lowest BCUT2D eigenvalue weighted by molar-refractivity contribution is -0.139. The van der Waals surface area contributed by atoms with Gasteiger partial charge in [0, 0.05) is 17.0 Å². The maximum absolute atomic E-state index is 13.6. The first-order valence-electron chi connectivity index (χ1n) is 9.48. The molecule has 1 atom stereocenters. The number of benzene rings is 2. The zero-order valence-corrected chi connectivity index (χ0v) is 18.3. The van der Waals surface area contributed by atoms with E-state index in [-0.39, 0.29) is 5.56 Å². The first-order valence-corrected chi connectivity index (χ1v) is 10.4. The van der Waals surface area contributed by atoms with Crippen LogP contribution in [0.1, 0.15) is 6.92 Å². The second-order valence-corrected chi connectivity index (χ2v) is 8.06. The fourth-order valence-electron chi connectivity index (χ4n) is 3.39. The Balaban J connectivity index is 2.01. The van der Waals surface area contributed by atoms with Gasteiger partial charge in [-0.2, -0.15) is 0 Å². The van der Waals surface area contributed by atoms with Crippen LogP contribution in [0.25, 0.3) is 27.6 Å². The van der Waals surface area contributed by atoms with E-state index in [4.69, 9.17) is 19.2 Å². The molecule has 0 aliphatic heterocycles. The Morgan fingerprint density at radius 2 is 1.84 bits per heavy atom. The molecule has 4 aromatic rings. The number of aromatic nitrogens is 3. The Hall–Kier alpha value is -3.46. The van der Waals surface area contributed by atoms with Crippen molar-refractivity contribution in [3.8, 4) is 17.2 Å². The number of thioether (sulfide) groups is 1. The first-order chi connectivity index (χ1) is 15.0. The molecule has 2 aromatic heterocycles. The molecule has 9 heteroatoms.